The summed E-state index contributed by atoms with van der Waals surface area (Å²) in [6.07, 6.45) is 1.64. The lowest BCUT2D eigenvalue weighted by molar-refractivity contribution is 0.0954. The molecule has 3 rings (SSSR count). The van der Waals surface area contributed by atoms with Crippen LogP contribution in [0.1, 0.15) is 22.8 Å². The van der Waals surface area contributed by atoms with Crippen molar-refractivity contribution in [2.45, 2.75) is 6.92 Å². The highest BCUT2D eigenvalue weighted by Gasteiger charge is 2.09. The van der Waals surface area contributed by atoms with E-state index in [-0.39, 0.29) is 5.91 Å². The summed E-state index contributed by atoms with van der Waals surface area (Å²) in [4.78, 5) is 12.3. The summed E-state index contributed by atoms with van der Waals surface area (Å²) in [6, 6.07) is 17.1. The van der Waals surface area contributed by atoms with Crippen LogP contribution in [0.25, 0.3) is 10.8 Å². The molecule has 0 aromatic heterocycles. The Morgan fingerprint density at radius 2 is 1.89 bits per heavy atom. The average Bonchev–Trinajstić information content (AvgIpc) is 2.70. The predicted molar refractivity (Wildman–Crippen MR) is 116 cm³/mol. The maximum absolute atomic E-state index is 12.3. The van der Waals surface area contributed by atoms with Crippen LogP contribution in [0, 0.1) is 3.57 Å². The molecule has 0 spiro atoms. The molecule has 3 aromatic rings. The van der Waals surface area contributed by atoms with Gasteiger partial charge >= 0.3 is 0 Å². The number of ether oxygens (including phenoxy) is 2. The minimum Gasteiger partial charge on any atom is -0.496 e. The van der Waals surface area contributed by atoms with Gasteiger partial charge in [-0.15, -0.1) is 0 Å². The first kappa shape index (κ1) is 19.2. The van der Waals surface area contributed by atoms with Crippen molar-refractivity contribution in [1.29, 1.82) is 0 Å². The van der Waals surface area contributed by atoms with Crippen LogP contribution in [0.3, 0.4) is 0 Å². The fourth-order valence-electron chi connectivity index (χ4n) is 2.71. The van der Waals surface area contributed by atoms with E-state index in [1.54, 1.807) is 25.5 Å². The highest BCUT2D eigenvalue weighted by atomic mass is 127. The van der Waals surface area contributed by atoms with Crippen molar-refractivity contribution < 1.29 is 14.3 Å². The first-order chi connectivity index (χ1) is 13.1. The first-order valence-electron chi connectivity index (χ1n) is 8.45. The van der Waals surface area contributed by atoms with Gasteiger partial charge in [0.1, 0.15) is 11.5 Å². The summed E-state index contributed by atoms with van der Waals surface area (Å²) >= 11 is 2.16. The molecule has 0 aliphatic carbocycles. The molecular weight excluding hydrogens is 455 g/mol. The second-order valence-corrected chi connectivity index (χ2v) is 6.84. The number of carbonyl (C=O) groups excluding carboxylic acids is 1. The van der Waals surface area contributed by atoms with Crippen molar-refractivity contribution in [3.05, 3.63) is 69.3 Å². The van der Waals surface area contributed by atoms with Crippen molar-refractivity contribution in [2.75, 3.05) is 13.7 Å². The Labute approximate surface area is 171 Å². The number of carbonyl (C=O) groups is 1. The van der Waals surface area contributed by atoms with Gasteiger partial charge in [0.25, 0.3) is 5.91 Å². The Morgan fingerprint density at radius 1 is 1.11 bits per heavy atom. The number of fused-ring (bicyclic) bond motifs is 1. The van der Waals surface area contributed by atoms with Crippen LogP contribution < -0.4 is 14.9 Å². The first-order valence-corrected chi connectivity index (χ1v) is 9.53. The summed E-state index contributed by atoms with van der Waals surface area (Å²) in [5.41, 5.74) is 3.95. The fraction of sp³-hybridized carbons (Fsp3) is 0.143. The van der Waals surface area contributed by atoms with Gasteiger partial charge < -0.3 is 9.47 Å². The summed E-state index contributed by atoms with van der Waals surface area (Å²) in [5.74, 6) is 1.20. The molecule has 0 unspecified atom stereocenters. The molecule has 0 saturated heterocycles. The normalized spacial score (nSPS) is 10.9. The van der Waals surface area contributed by atoms with E-state index in [1.807, 2.05) is 49.4 Å². The second-order valence-electron chi connectivity index (χ2n) is 5.68. The van der Waals surface area contributed by atoms with Gasteiger partial charge in [-0.3, -0.25) is 4.79 Å². The third kappa shape index (κ3) is 4.39. The molecule has 1 N–H and O–H groups in total. The number of benzene rings is 3. The second kappa shape index (κ2) is 8.85. The van der Waals surface area contributed by atoms with Gasteiger partial charge in [-0.1, -0.05) is 24.3 Å². The molecule has 0 radical (unpaired) electrons. The molecular formula is C21H19IN2O3. The third-order valence-electron chi connectivity index (χ3n) is 4.00. The molecule has 0 aliphatic heterocycles. The number of hydrazone groups is 1. The topological polar surface area (TPSA) is 59.9 Å². The Bertz CT molecular complexity index is 1000. The van der Waals surface area contributed by atoms with Crippen LogP contribution in [-0.4, -0.2) is 25.8 Å². The zero-order valence-electron chi connectivity index (χ0n) is 15.0. The van der Waals surface area contributed by atoms with E-state index in [0.717, 1.165) is 25.7 Å². The fourth-order valence-corrected chi connectivity index (χ4v) is 3.27. The zero-order chi connectivity index (χ0) is 19.2. The molecule has 0 atom stereocenters. The number of amides is 1. The number of halogens is 1. The maximum atomic E-state index is 12.3. The summed E-state index contributed by atoms with van der Waals surface area (Å²) in [7, 11) is 1.58. The number of nitrogens with zero attached hydrogens (tertiary/aromatic N) is 1. The smallest absolute Gasteiger partial charge is 0.271 e. The van der Waals surface area contributed by atoms with Gasteiger partial charge in [-0.05, 0) is 65.2 Å². The molecule has 6 heteroatoms. The van der Waals surface area contributed by atoms with Crippen molar-refractivity contribution in [2.24, 2.45) is 5.10 Å². The highest BCUT2D eigenvalue weighted by Crippen LogP contribution is 2.28. The third-order valence-corrected chi connectivity index (χ3v) is 4.89. The molecule has 0 fully saturated rings. The van der Waals surface area contributed by atoms with E-state index in [1.165, 1.54) is 0 Å². The van der Waals surface area contributed by atoms with Gasteiger partial charge in [-0.2, -0.15) is 5.10 Å². The molecule has 0 saturated carbocycles. The van der Waals surface area contributed by atoms with Gasteiger partial charge in [0.15, 0.2) is 0 Å². The number of hydrogen-bond donors (Lipinski definition) is 1. The Balaban J connectivity index is 1.80. The molecule has 138 valence electrons. The Morgan fingerprint density at radius 3 is 2.63 bits per heavy atom. The van der Waals surface area contributed by atoms with Crippen molar-refractivity contribution in [1.82, 2.24) is 5.43 Å². The Kier molecular flexibility index (Phi) is 6.28. The number of hydrogen-bond acceptors (Lipinski definition) is 4. The molecule has 0 bridgehead atoms. The zero-order valence-corrected chi connectivity index (χ0v) is 17.2. The summed E-state index contributed by atoms with van der Waals surface area (Å²) in [5, 5.41) is 6.14. The molecule has 27 heavy (non-hydrogen) atoms. The summed E-state index contributed by atoms with van der Waals surface area (Å²) < 4.78 is 11.9. The number of rotatable bonds is 6. The highest BCUT2D eigenvalue weighted by molar-refractivity contribution is 14.1. The standard InChI is InChI=1S/C21H19IN2O3/c1-3-27-19-11-9-15(16-6-4-5-7-17(16)19)13-23-24-21(25)14-8-10-18(22)20(12-14)26-2/h4-13H,3H2,1-2H3,(H,24,25). The van der Waals surface area contributed by atoms with E-state index >= 15 is 0 Å². The van der Waals surface area contributed by atoms with E-state index in [0.29, 0.717) is 17.9 Å². The lowest BCUT2D eigenvalue weighted by Gasteiger charge is -2.09. The van der Waals surface area contributed by atoms with Crippen LogP contribution in [0.15, 0.2) is 59.7 Å². The van der Waals surface area contributed by atoms with E-state index in [9.17, 15) is 4.79 Å². The van der Waals surface area contributed by atoms with Gasteiger partial charge in [0, 0.05) is 16.5 Å². The SMILES string of the molecule is CCOc1ccc(C=NNC(=O)c2ccc(I)c(OC)c2)c2ccccc12. The van der Waals surface area contributed by atoms with Gasteiger partial charge in [0.05, 0.1) is 23.5 Å². The predicted octanol–water partition coefficient (Wildman–Crippen LogP) is 4.62. The Hall–Kier alpha value is -2.61. The molecule has 0 aliphatic rings. The average molecular weight is 474 g/mol. The lowest BCUT2D eigenvalue weighted by atomic mass is 10.0. The molecule has 3 aromatic carbocycles. The van der Waals surface area contributed by atoms with Crippen molar-refractivity contribution in [3.63, 3.8) is 0 Å². The van der Waals surface area contributed by atoms with Gasteiger partial charge in [0.2, 0.25) is 0 Å². The lowest BCUT2D eigenvalue weighted by Crippen LogP contribution is -2.17. The van der Waals surface area contributed by atoms with Crippen LogP contribution in [0.5, 0.6) is 11.5 Å². The van der Waals surface area contributed by atoms with Gasteiger partial charge in [-0.25, -0.2) is 5.43 Å². The van der Waals surface area contributed by atoms with Crippen LogP contribution in [0.4, 0.5) is 0 Å². The van der Waals surface area contributed by atoms with Crippen LogP contribution in [-0.2, 0) is 0 Å². The van der Waals surface area contributed by atoms with Crippen LogP contribution >= 0.6 is 22.6 Å². The van der Waals surface area contributed by atoms with Crippen LogP contribution in [0.2, 0.25) is 0 Å². The number of nitrogens with one attached hydrogen (secondary N) is 1. The van der Waals surface area contributed by atoms with E-state index < -0.39 is 0 Å². The molecule has 1 amide bonds. The van der Waals surface area contributed by atoms with Crippen molar-refractivity contribution in [3.8, 4) is 11.5 Å². The molecule has 0 heterocycles. The van der Waals surface area contributed by atoms with E-state index in [4.69, 9.17) is 9.47 Å². The monoisotopic (exact) mass is 474 g/mol. The maximum Gasteiger partial charge on any atom is 0.271 e. The van der Waals surface area contributed by atoms with Crippen molar-refractivity contribution >= 4 is 45.5 Å². The summed E-state index contributed by atoms with van der Waals surface area (Å²) in [6.45, 7) is 2.56. The minimum atomic E-state index is -0.295. The minimum absolute atomic E-state index is 0.295. The van der Waals surface area contributed by atoms with E-state index in [2.05, 4.69) is 33.1 Å². The number of methoxy groups -OCH3 is 1. The quantitative estimate of drug-likeness (QED) is 0.323. The largest absolute Gasteiger partial charge is 0.496 e. The molecule has 5 nitrogen and oxygen atoms in total.